The smallest absolute Gasteiger partial charge is 0.164 e. The number of benzene rings is 2. The van der Waals surface area contributed by atoms with Gasteiger partial charge in [0.1, 0.15) is 11.5 Å². The first-order valence-electron chi connectivity index (χ1n) is 5.60. The Hall–Kier alpha value is -1.49. The molecule has 0 spiro atoms. The lowest BCUT2D eigenvalue weighted by Gasteiger charge is -2.04. The Balaban J connectivity index is 2.11. The first-order chi connectivity index (χ1) is 8.76. The predicted molar refractivity (Wildman–Crippen MR) is 80.9 cm³/mol. The minimum atomic E-state index is 0.878. The van der Waals surface area contributed by atoms with Gasteiger partial charge in [-0.1, -0.05) is 18.2 Å². The van der Waals surface area contributed by atoms with Crippen molar-refractivity contribution < 1.29 is 9.15 Å². The van der Waals surface area contributed by atoms with Crippen molar-refractivity contribution >= 4 is 33.4 Å². The van der Waals surface area contributed by atoms with E-state index in [4.69, 9.17) is 9.15 Å². The lowest BCUT2D eigenvalue weighted by atomic mass is 10.1. The quantitative estimate of drug-likeness (QED) is 0.625. The molecular weight excluding hydrogens is 339 g/mol. The second kappa shape index (κ2) is 4.65. The number of hydrogen-bond acceptors (Lipinski definition) is 2. The van der Waals surface area contributed by atoms with Gasteiger partial charge in [-0.15, -0.1) is 0 Å². The standard InChI is InChI=1S/C15H11IO2/c1-17-13-5-4-10-8-12(3-2-11(10)9-13)14-6-7-15(16)18-14/h2-9H,1H3. The Morgan fingerprint density at radius 1 is 0.944 bits per heavy atom. The molecule has 0 saturated carbocycles. The molecule has 0 N–H and O–H groups in total. The van der Waals surface area contributed by atoms with Crippen LogP contribution in [0.4, 0.5) is 0 Å². The molecule has 0 unspecified atom stereocenters. The second-order valence-electron chi connectivity index (χ2n) is 4.03. The molecule has 3 heteroatoms. The maximum atomic E-state index is 5.63. The van der Waals surface area contributed by atoms with Crippen LogP contribution in [0.3, 0.4) is 0 Å². The van der Waals surface area contributed by atoms with Crippen molar-refractivity contribution in [1.29, 1.82) is 0 Å². The Morgan fingerprint density at radius 3 is 2.44 bits per heavy atom. The van der Waals surface area contributed by atoms with Crippen LogP contribution in [0.15, 0.2) is 52.9 Å². The third-order valence-electron chi connectivity index (χ3n) is 2.91. The van der Waals surface area contributed by atoms with Gasteiger partial charge in [0.05, 0.1) is 7.11 Å². The summed E-state index contributed by atoms with van der Waals surface area (Å²) in [4.78, 5) is 0. The molecule has 0 aliphatic carbocycles. The molecule has 2 nitrogen and oxygen atoms in total. The SMILES string of the molecule is COc1ccc2cc(-c3ccc(I)o3)ccc2c1. The maximum Gasteiger partial charge on any atom is 0.164 e. The normalized spacial score (nSPS) is 10.8. The van der Waals surface area contributed by atoms with E-state index in [0.717, 1.165) is 20.8 Å². The number of fused-ring (bicyclic) bond motifs is 1. The van der Waals surface area contributed by atoms with E-state index in [9.17, 15) is 0 Å². The molecule has 3 aromatic rings. The highest BCUT2D eigenvalue weighted by molar-refractivity contribution is 14.1. The van der Waals surface area contributed by atoms with Crippen LogP contribution in [-0.4, -0.2) is 7.11 Å². The van der Waals surface area contributed by atoms with Crippen molar-refractivity contribution in [2.75, 3.05) is 7.11 Å². The molecule has 2 aromatic carbocycles. The average molecular weight is 350 g/mol. The van der Waals surface area contributed by atoms with Crippen LogP contribution < -0.4 is 4.74 Å². The third-order valence-corrected chi connectivity index (χ3v) is 3.48. The summed E-state index contributed by atoms with van der Waals surface area (Å²) in [7, 11) is 1.68. The highest BCUT2D eigenvalue weighted by Crippen LogP contribution is 2.28. The van der Waals surface area contributed by atoms with E-state index in [-0.39, 0.29) is 0 Å². The van der Waals surface area contributed by atoms with Crippen LogP contribution in [0.5, 0.6) is 5.75 Å². The maximum absolute atomic E-state index is 5.63. The summed E-state index contributed by atoms with van der Waals surface area (Å²) in [5.74, 6) is 1.78. The Labute approximate surface area is 119 Å². The van der Waals surface area contributed by atoms with Gasteiger partial charge in [-0.05, 0) is 63.7 Å². The summed E-state index contributed by atoms with van der Waals surface area (Å²) >= 11 is 2.17. The number of methoxy groups -OCH3 is 1. The van der Waals surface area contributed by atoms with Crippen LogP contribution in [0.25, 0.3) is 22.1 Å². The highest BCUT2D eigenvalue weighted by Gasteiger charge is 2.04. The molecule has 0 amide bonds. The number of rotatable bonds is 2. The molecule has 3 rings (SSSR count). The molecule has 1 heterocycles. The zero-order valence-corrected chi connectivity index (χ0v) is 12.0. The molecule has 0 bridgehead atoms. The van der Waals surface area contributed by atoms with Gasteiger partial charge in [0.15, 0.2) is 3.77 Å². The molecule has 0 fully saturated rings. The Kier molecular flexibility index (Phi) is 2.99. The highest BCUT2D eigenvalue weighted by atomic mass is 127. The van der Waals surface area contributed by atoms with E-state index in [0.29, 0.717) is 0 Å². The van der Waals surface area contributed by atoms with Crippen LogP contribution in [0, 0.1) is 3.77 Å². The molecule has 1 aromatic heterocycles. The van der Waals surface area contributed by atoms with Crippen molar-refractivity contribution in [3.8, 4) is 17.1 Å². The summed E-state index contributed by atoms with van der Waals surface area (Å²) in [5, 5.41) is 2.35. The summed E-state index contributed by atoms with van der Waals surface area (Å²) in [6.07, 6.45) is 0. The van der Waals surface area contributed by atoms with E-state index in [1.54, 1.807) is 7.11 Å². The average Bonchev–Trinajstić information content (AvgIpc) is 2.84. The van der Waals surface area contributed by atoms with E-state index >= 15 is 0 Å². The lowest BCUT2D eigenvalue weighted by Crippen LogP contribution is -1.82. The van der Waals surface area contributed by atoms with Crippen LogP contribution >= 0.6 is 22.6 Å². The molecule has 0 aliphatic rings. The third kappa shape index (κ3) is 2.10. The van der Waals surface area contributed by atoms with Crippen LogP contribution in [0.2, 0.25) is 0 Å². The number of ether oxygens (including phenoxy) is 1. The summed E-state index contributed by atoms with van der Waals surface area (Å²) in [6.45, 7) is 0. The van der Waals surface area contributed by atoms with Gasteiger partial charge in [0, 0.05) is 5.56 Å². The minimum Gasteiger partial charge on any atom is -0.497 e. The predicted octanol–water partition coefficient (Wildman–Crippen LogP) is 4.71. The molecule has 0 atom stereocenters. The first kappa shape index (κ1) is 11.6. The topological polar surface area (TPSA) is 22.4 Å². The van der Waals surface area contributed by atoms with E-state index in [1.807, 2.05) is 24.3 Å². The van der Waals surface area contributed by atoms with Gasteiger partial charge < -0.3 is 9.15 Å². The van der Waals surface area contributed by atoms with Crippen molar-refractivity contribution in [1.82, 2.24) is 0 Å². The van der Waals surface area contributed by atoms with E-state index < -0.39 is 0 Å². The van der Waals surface area contributed by atoms with Gasteiger partial charge in [-0.3, -0.25) is 0 Å². The fraction of sp³-hybridized carbons (Fsp3) is 0.0667. The minimum absolute atomic E-state index is 0.878. The second-order valence-corrected chi connectivity index (χ2v) is 5.09. The van der Waals surface area contributed by atoms with E-state index in [2.05, 4.69) is 46.9 Å². The van der Waals surface area contributed by atoms with Crippen molar-refractivity contribution in [2.45, 2.75) is 0 Å². The molecule has 18 heavy (non-hydrogen) atoms. The molecular formula is C15H11IO2. The van der Waals surface area contributed by atoms with Gasteiger partial charge >= 0.3 is 0 Å². The van der Waals surface area contributed by atoms with E-state index in [1.165, 1.54) is 10.8 Å². The fourth-order valence-corrected chi connectivity index (χ4v) is 2.39. The summed E-state index contributed by atoms with van der Waals surface area (Å²) < 4.78 is 11.7. The fourth-order valence-electron chi connectivity index (χ4n) is 1.97. The number of hydrogen-bond donors (Lipinski definition) is 0. The van der Waals surface area contributed by atoms with Crippen LogP contribution in [0.1, 0.15) is 0 Å². The van der Waals surface area contributed by atoms with Crippen molar-refractivity contribution in [2.24, 2.45) is 0 Å². The number of furan rings is 1. The zero-order valence-electron chi connectivity index (χ0n) is 9.81. The lowest BCUT2D eigenvalue weighted by molar-refractivity contribution is 0.415. The van der Waals surface area contributed by atoms with Crippen molar-refractivity contribution in [3.05, 3.63) is 52.3 Å². The largest absolute Gasteiger partial charge is 0.497 e. The number of halogens is 1. The molecule has 0 saturated heterocycles. The zero-order chi connectivity index (χ0) is 12.5. The summed E-state index contributed by atoms with van der Waals surface area (Å²) in [5.41, 5.74) is 1.09. The molecule has 90 valence electrons. The van der Waals surface area contributed by atoms with Gasteiger partial charge in [0.25, 0.3) is 0 Å². The van der Waals surface area contributed by atoms with Crippen LogP contribution in [-0.2, 0) is 0 Å². The molecule has 0 radical (unpaired) electrons. The monoisotopic (exact) mass is 350 g/mol. The van der Waals surface area contributed by atoms with Gasteiger partial charge in [0.2, 0.25) is 0 Å². The molecule has 0 aliphatic heterocycles. The first-order valence-corrected chi connectivity index (χ1v) is 6.68. The summed E-state index contributed by atoms with van der Waals surface area (Å²) in [6, 6.07) is 16.3. The van der Waals surface area contributed by atoms with Gasteiger partial charge in [-0.25, -0.2) is 0 Å². The Bertz CT molecular complexity index is 701. The van der Waals surface area contributed by atoms with Crippen molar-refractivity contribution in [3.63, 3.8) is 0 Å². The Morgan fingerprint density at radius 2 is 1.72 bits per heavy atom. The van der Waals surface area contributed by atoms with Gasteiger partial charge in [-0.2, -0.15) is 0 Å².